The average molecular weight is 222 g/mol. The topological polar surface area (TPSA) is 34.5 Å². The SMILES string of the molecule is Cc1ccn(CC2CN(C)CCO2)c(=O)c1. The molecule has 1 atom stereocenters. The monoisotopic (exact) mass is 222 g/mol. The number of hydrogen-bond acceptors (Lipinski definition) is 3. The van der Waals surface area contributed by atoms with Crippen molar-refractivity contribution >= 4 is 0 Å². The second kappa shape index (κ2) is 4.80. The third-order valence-corrected chi connectivity index (χ3v) is 2.89. The minimum Gasteiger partial charge on any atom is -0.374 e. The lowest BCUT2D eigenvalue weighted by Gasteiger charge is -2.30. The smallest absolute Gasteiger partial charge is 0.250 e. The molecular formula is C12H18N2O2. The molecular weight excluding hydrogens is 204 g/mol. The number of morpholine rings is 1. The summed E-state index contributed by atoms with van der Waals surface area (Å²) < 4.78 is 7.36. The van der Waals surface area contributed by atoms with E-state index >= 15 is 0 Å². The zero-order valence-corrected chi connectivity index (χ0v) is 9.85. The van der Waals surface area contributed by atoms with Gasteiger partial charge < -0.3 is 14.2 Å². The molecule has 0 bridgehead atoms. The maximum absolute atomic E-state index is 11.7. The molecule has 1 fully saturated rings. The summed E-state index contributed by atoms with van der Waals surface area (Å²) in [6, 6.07) is 3.61. The molecule has 0 radical (unpaired) electrons. The third kappa shape index (κ3) is 2.71. The molecule has 4 nitrogen and oxygen atoms in total. The van der Waals surface area contributed by atoms with E-state index in [1.807, 2.05) is 19.2 Å². The van der Waals surface area contributed by atoms with Crippen LogP contribution in [-0.2, 0) is 11.3 Å². The van der Waals surface area contributed by atoms with Crippen LogP contribution in [0.25, 0.3) is 0 Å². The molecule has 2 rings (SSSR count). The summed E-state index contributed by atoms with van der Waals surface area (Å²) in [5, 5.41) is 0. The Balaban J connectivity index is 2.06. The van der Waals surface area contributed by atoms with E-state index < -0.39 is 0 Å². The van der Waals surface area contributed by atoms with Gasteiger partial charge in [-0.3, -0.25) is 4.79 Å². The van der Waals surface area contributed by atoms with E-state index in [0.717, 1.165) is 25.3 Å². The van der Waals surface area contributed by atoms with Gasteiger partial charge in [0.1, 0.15) is 0 Å². The number of nitrogens with zero attached hydrogens (tertiary/aromatic N) is 2. The highest BCUT2D eigenvalue weighted by Crippen LogP contribution is 2.04. The lowest BCUT2D eigenvalue weighted by Crippen LogP contribution is -2.43. The van der Waals surface area contributed by atoms with Crippen molar-refractivity contribution in [2.45, 2.75) is 19.6 Å². The van der Waals surface area contributed by atoms with Crippen LogP contribution in [0.2, 0.25) is 0 Å². The summed E-state index contributed by atoms with van der Waals surface area (Å²) in [7, 11) is 2.08. The maximum atomic E-state index is 11.7. The Hall–Kier alpha value is -1.13. The van der Waals surface area contributed by atoms with Crippen molar-refractivity contribution in [2.24, 2.45) is 0 Å². The Morgan fingerprint density at radius 1 is 1.56 bits per heavy atom. The quantitative estimate of drug-likeness (QED) is 0.730. The minimum atomic E-state index is 0.0526. The van der Waals surface area contributed by atoms with Crippen LogP contribution in [0.3, 0.4) is 0 Å². The molecule has 1 saturated heterocycles. The zero-order chi connectivity index (χ0) is 11.5. The van der Waals surface area contributed by atoms with Gasteiger partial charge in [-0.25, -0.2) is 0 Å². The molecule has 1 aromatic rings. The van der Waals surface area contributed by atoms with Gasteiger partial charge in [0.05, 0.1) is 19.3 Å². The van der Waals surface area contributed by atoms with Crippen molar-refractivity contribution in [1.82, 2.24) is 9.47 Å². The van der Waals surface area contributed by atoms with Gasteiger partial charge >= 0.3 is 0 Å². The van der Waals surface area contributed by atoms with Crippen molar-refractivity contribution in [1.29, 1.82) is 0 Å². The Morgan fingerprint density at radius 3 is 3.06 bits per heavy atom. The summed E-state index contributed by atoms with van der Waals surface area (Å²) in [6.45, 7) is 5.18. The fourth-order valence-corrected chi connectivity index (χ4v) is 1.95. The van der Waals surface area contributed by atoms with Crippen molar-refractivity contribution in [3.63, 3.8) is 0 Å². The largest absolute Gasteiger partial charge is 0.374 e. The van der Waals surface area contributed by atoms with Crippen LogP contribution in [0.5, 0.6) is 0 Å². The van der Waals surface area contributed by atoms with Crippen LogP contribution in [0.4, 0.5) is 0 Å². The number of rotatable bonds is 2. The van der Waals surface area contributed by atoms with Crippen LogP contribution >= 0.6 is 0 Å². The Labute approximate surface area is 95.4 Å². The molecule has 88 valence electrons. The van der Waals surface area contributed by atoms with Crippen LogP contribution in [0.1, 0.15) is 5.56 Å². The summed E-state index contributed by atoms with van der Waals surface area (Å²) in [5.41, 5.74) is 1.06. The predicted molar refractivity (Wildman–Crippen MR) is 62.7 cm³/mol. The van der Waals surface area contributed by atoms with E-state index in [4.69, 9.17) is 4.74 Å². The van der Waals surface area contributed by atoms with Gasteiger partial charge in [-0.15, -0.1) is 0 Å². The summed E-state index contributed by atoms with van der Waals surface area (Å²) in [4.78, 5) is 13.9. The first-order valence-corrected chi connectivity index (χ1v) is 5.62. The third-order valence-electron chi connectivity index (χ3n) is 2.89. The molecule has 0 aromatic carbocycles. The fraction of sp³-hybridized carbons (Fsp3) is 0.583. The molecule has 1 aliphatic rings. The first kappa shape index (κ1) is 11.4. The van der Waals surface area contributed by atoms with Gasteiger partial charge in [0.15, 0.2) is 0 Å². The molecule has 16 heavy (non-hydrogen) atoms. The Bertz CT molecular complexity index is 414. The molecule has 0 amide bonds. The highest BCUT2D eigenvalue weighted by atomic mass is 16.5. The minimum absolute atomic E-state index is 0.0526. The van der Waals surface area contributed by atoms with E-state index in [0.29, 0.717) is 6.54 Å². The van der Waals surface area contributed by atoms with Crippen molar-refractivity contribution in [3.05, 3.63) is 34.2 Å². The summed E-state index contributed by atoms with van der Waals surface area (Å²) in [6.07, 6.45) is 1.97. The van der Waals surface area contributed by atoms with Gasteiger partial charge in [0.2, 0.25) is 0 Å². The normalized spacial score (nSPS) is 22.2. The lowest BCUT2D eigenvalue weighted by molar-refractivity contribution is -0.0279. The molecule has 4 heteroatoms. The lowest BCUT2D eigenvalue weighted by atomic mass is 10.2. The van der Waals surface area contributed by atoms with E-state index in [-0.39, 0.29) is 11.7 Å². The zero-order valence-electron chi connectivity index (χ0n) is 9.85. The van der Waals surface area contributed by atoms with Gasteiger partial charge in [-0.1, -0.05) is 0 Å². The first-order chi connectivity index (χ1) is 7.65. The van der Waals surface area contributed by atoms with Crippen molar-refractivity contribution in [2.75, 3.05) is 26.7 Å². The Morgan fingerprint density at radius 2 is 2.38 bits per heavy atom. The highest BCUT2D eigenvalue weighted by molar-refractivity contribution is 5.08. The van der Waals surface area contributed by atoms with Crippen LogP contribution < -0.4 is 5.56 Å². The second-order valence-corrected chi connectivity index (χ2v) is 4.45. The van der Waals surface area contributed by atoms with E-state index in [1.165, 1.54) is 0 Å². The van der Waals surface area contributed by atoms with Gasteiger partial charge in [-0.2, -0.15) is 0 Å². The van der Waals surface area contributed by atoms with Crippen molar-refractivity contribution in [3.8, 4) is 0 Å². The number of aromatic nitrogens is 1. The van der Waals surface area contributed by atoms with Gasteiger partial charge in [0, 0.05) is 25.4 Å². The molecule has 0 saturated carbocycles. The molecule has 0 aliphatic carbocycles. The Kier molecular flexibility index (Phi) is 3.41. The molecule has 0 N–H and O–H groups in total. The van der Waals surface area contributed by atoms with Gasteiger partial charge in [0.25, 0.3) is 5.56 Å². The highest BCUT2D eigenvalue weighted by Gasteiger charge is 2.18. The van der Waals surface area contributed by atoms with Gasteiger partial charge in [-0.05, 0) is 25.6 Å². The molecule has 1 aliphatic heterocycles. The van der Waals surface area contributed by atoms with E-state index in [9.17, 15) is 4.79 Å². The summed E-state index contributed by atoms with van der Waals surface area (Å²) in [5.74, 6) is 0. The van der Waals surface area contributed by atoms with Crippen LogP contribution in [0, 0.1) is 6.92 Å². The summed E-state index contributed by atoms with van der Waals surface area (Å²) >= 11 is 0. The second-order valence-electron chi connectivity index (χ2n) is 4.45. The number of likely N-dealkylation sites (N-methyl/N-ethyl adjacent to an activating group) is 1. The number of ether oxygens (including phenoxy) is 1. The standard InChI is InChI=1S/C12H18N2O2/c1-10-3-4-14(12(15)7-10)9-11-8-13(2)5-6-16-11/h3-4,7,11H,5-6,8-9H2,1-2H3. The van der Waals surface area contributed by atoms with E-state index in [1.54, 1.807) is 10.6 Å². The van der Waals surface area contributed by atoms with Crippen LogP contribution in [-0.4, -0.2) is 42.3 Å². The van der Waals surface area contributed by atoms with E-state index in [2.05, 4.69) is 11.9 Å². The fourth-order valence-electron chi connectivity index (χ4n) is 1.95. The molecule has 0 spiro atoms. The van der Waals surface area contributed by atoms with Crippen LogP contribution in [0.15, 0.2) is 23.1 Å². The number of hydrogen-bond donors (Lipinski definition) is 0. The average Bonchev–Trinajstić information content (AvgIpc) is 2.22. The van der Waals surface area contributed by atoms with Crippen molar-refractivity contribution < 1.29 is 4.74 Å². The predicted octanol–water partition coefficient (Wildman–Crippen LogP) is 0.487. The molecule has 2 heterocycles. The number of pyridine rings is 1. The maximum Gasteiger partial charge on any atom is 0.250 e. The first-order valence-electron chi connectivity index (χ1n) is 5.62. The number of aryl methyl sites for hydroxylation is 1. The molecule has 1 aromatic heterocycles. The molecule has 1 unspecified atom stereocenters.